The van der Waals surface area contributed by atoms with Crippen molar-refractivity contribution in [1.82, 2.24) is 5.32 Å². The summed E-state index contributed by atoms with van der Waals surface area (Å²) >= 11 is 1.08. The number of carbonyl (C=O) groups excluding carboxylic acids is 2. The second-order valence-electron chi connectivity index (χ2n) is 4.71. The molecule has 0 aromatic heterocycles. The number of nitrogens with one attached hydrogen (secondary N) is 1. The summed E-state index contributed by atoms with van der Waals surface area (Å²) in [4.78, 5) is 22.8. The van der Waals surface area contributed by atoms with Crippen molar-refractivity contribution >= 4 is 32.9 Å². The number of rotatable bonds is 8. The fourth-order valence-electron chi connectivity index (χ4n) is 1.49. The minimum absolute atomic E-state index is 0.0560. The van der Waals surface area contributed by atoms with Crippen molar-refractivity contribution in [1.29, 1.82) is 0 Å². The Morgan fingerprint density at radius 2 is 1.89 bits per heavy atom. The van der Waals surface area contributed by atoms with Gasteiger partial charge in [-0.25, -0.2) is 0 Å². The summed E-state index contributed by atoms with van der Waals surface area (Å²) in [6.07, 6.45) is 0.623. The maximum absolute atomic E-state index is 11.9. The van der Waals surface area contributed by atoms with Gasteiger partial charge in [0.1, 0.15) is 0 Å². The molecule has 0 aliphatic carbocycles. The first-order valence-electron chi connectivity index (χ1n) is 5.98. The molecule has 0 heterocycles. The lowest BCUT2D eigenvalue weighted by atomic mass is 9.98. The fraction of sp³-hybridized carbons (Fsp3) is 0.818. The smallest absolute Gasteiger partial charge is 0.266 e. The van der Waals surface area contributed by atoms with E-state index in [0.29, 0.717) is 18.1 Å². The van der Waals surface area contributed by atoms with Crippen molar-refractivity contribution in [2.75, 3.05) is 18.1 Å². The predicted molar refractivity (Wildman–Crippen MR) is 75.5 cm³/mol. The van der Waals surface area contributed by atoms with Gasteiger partial charge in [-0.15, -0.1) is 0 Å². The Labute approximate surface area is 118 Å². The number of carbonyl (C=O) groups is 2. The predicted octanol–water partition coefficient (Wildman–Crippen LogP) is 0.932. The van der Waals surface area contributed by atoms with E-state index in [1.165, 1.54) is 6.92 Å². The van der Waals surface area contributed by atoms with Crippen LogP contribution < -0.4 is 5.32 Å². The molecular formula is C11H21NO5S2. The van der Waals surface area contributed by atoms with E-state index < -0.39 is 15.9 Å². The van der Waals surface area contributed by atoms with Gasteiger partial charge in [-0.2, -0.15) is 8.42 Å². The molecule has 0 bridgehead atoms. The first-order chi connectivity index (χ1) is 8.61. The number of hydrogen-bond acceptors (Lipinski definition) is 5. The molecule has 2 N–H and O–H groups in total. The molecule has 6 nitrogen and oxygen atoms in total. The highest BCUT2D eigenvalue weighted by molar-refractivity contribution is 8.13. The Balaban J connectivity index is 4.32. The minimum Gasteiger partial charge on any atom is -0.355 e. The van der Waals surface area contributed by atoms with Crippen LogP contribution in [0.4, 0.5) is 0 Å². The van der Waals surface area contributed by atoms with Crippen LogP contribution in [0.1, 0.15) is 27.2 Å². The Kier molecular flexibility index (Phi) is 8.28. The zero-order chi connectivity index (χ0) is 15.1. The number of thioether (sulfide) groups is 1. The lowest BCUT2D eigenvalue weighted by Crippen LogP contribution is -2.36. The second kappa shape index (κ2) is 8.55. The fourth-order valence-corrected chi connectivity index (χ4v) is 2.57. The van der Waals surface area contributed by atoms with Gasteiger partial charge in [0.25, 0.3) is 10.1 Å². The Morgan fingerprint density at radius 1 is 1.32 bits per heavy atom. The monoisotopic (exact) mass is 311 g/mol. The summed E-state index contributed by atoms with van der Waals surface area (Å²) in [7, 11) is -4.07. The molecule has 0 rings (SSSR count). The second-order valence-corrected chi connectivity index (χ2v) is 7.48. The average Bonchev–Trinajstić information content (AvgIpc) is 2.21. The van der Waals surface area contributed by atoms with E-state index in [9.17, 15) is 18.0 Å². The van der Waals surface area contributed by atoms with Crippen LogP contribution in [0.25, 0.3) is 0 Å². The van der Waals surface area contributed by atoms with E-state index in [0.717, 1.165) is 11.8 Å². The van der Waals surface area contributed by atoms with Gasteiger partial charge < -0.3 is 5.32 Å². The quantitative estimate of drug-likeness (QED) is 0.647. The summed E-state index contributed by atoms with van der Waals surface area (Å²) < 4.78 is 29.6. The standard InChI is InChI=1S/C11H21NO5S2/c1-8(2)6-10(7-18-9(3)13)11(14)12-4-5-19(15,16)17/h8,10H,4-7H2,1-3H3,(H,12,14)(H,15,16,17). The topological polar surface area (TPSA) is 101 Å². The normalized spacial score (nSPS) is 13.3. The molecule has 1 unspecified atom stereocenters. The summed E-state index contributed by atoms with van der Waals surface area (Å²) in [5.74, 6) is -0.454. The molecule has 0 aromatic rings. The minimum atomic E-state index is -4.07. The lowest BCUT2D eigenvalue weighted by Gasteiger charge is -2.17. The lowest BCUT2D eigenvalue weighted by molar-refractivity contribution is -0.124. The molecule has 0 saturated heterocycles. The van der Waals surface area contributed by atoms with Gasteiger partial charge in [-0.1, -0.05) is 25.6 Å². The van der Waals surface area contributed by atoms with Gasteiger partial charge in [0.05, 0.1) is 5.75 Å². The highest BCUT2D eigenvalue weighted by Crippen LogP contribution is 2.18. The van der Waals surface area contributed by atoms with Crippen LogP contribution in [0.5, 0.6) is 0 Å². The van der Waals surface area contributed by atoms with Crippen LogP contribution in [-0.2, 0) is 19.7 Å². The van der Waals surface area contributed by atoms with Crippen molar-refractivity contribution in [3.8, 4) is 0 Å². The van der Waals surface area contributed by atoms with Gasteiger partial charge in [-0.05, 0) is 12.3 Å². The molecule has 0 aromatic carbocycles. The summed E-state index contributed by atoms with van der Waals surface area (Å²) in [6, 6.07) is 0. The van der Waals surface area contributed by atoms with Gasteiger partial charge in [0.2, 0.25) is 5.91 Å². The largest absolute Gasteiger partial charge is 0.355 e. The van der Waals surface area contributed by atoms with E-state index in [-0.39, 0.29) is 23.5 Å². The van der Waals surface area contributed by atoms with Gasteiger partial charge in [0.15, 0.2) is 5.12 Å². The Bertz CT molecular complexity index is 405. The molecule has 1 atom stereocenters. The highest BCUT2D eigenvalue weighted by atomic mass is 32.2. The van der Waals surface area contributed by atoms with E-state index in [4.69, 9.17) is 4.55 Å². The van der Waals surface area contributed by atoms with Crippen molar-refractivity contribution in [3.63, 3.8) is 0 Å². The highest BCUT2D eigenvalue weighted by Gasteiger charge is 2.20. The van der Waals surface area contributed by atoms with E-state index in [1.54, 1.807) is 0 Å². The van der Waals surface area contributed by atoms with E-state index in [2.05, 4.69) is 5.32 Å². The molecule has 0 saturated carbocycles. The molecular weight excluding hydrogens is 290 g/mol. The summed E-state index contributed by atoms with van der Waals surface area (Å²) in [6.45, 7) is 5.25. The van der Waals surface area contributed by atoms with Crippen molar-refractivity contribution in [3.05, 3.63) is 0 Å². The molecule has 1 amide bonds. The van der Waals surface area contributed by atoms with Crippen LogP contribution in [0.2, 0.25) is 0 Å². The van der Waals surface area contributed by atoms with Crippen molar-refractivity contribution in [2.45, 2.75) is 27.2 Å². The molecule has 112 valence electrons. The van der Waals surface area contributed by atoms with Crippen LogP contribution >= 0.6 is 11.8 Å². The summed E-state index contributed by atoms with van der Waals surface area (Å²) in [5, 5.41) is 2.41. The maximum Gasteiger partial charge on any atom is 0.266 e. The third-order valence-electron chi connectivity index (χ3n) is 2.27. The molecule has 0 spiro atoms. The molecule has 19 heavy (non-hydrogen) atoms. The number of hydrogen-bond donors (Lipinski definition) is 2. The Hall–Kier alpha value is -0.600. The van der Waals surface area contributed by atoms with E-state index in [1.807, 2.05) is 13.8 Å². The first kappa shape index (κ1) is 18.4. The third kappa shape index (κ3) is 11.0. The first-order valence-corrected chi connectivity index (χ1v) is 8.57. The maximum atomic E-state index is 11.9. The van der Waals surface area contributed by atoms with Gasteiger partial charge >= 0.3 is 0 Å². The van der Waals surface area contributed by atoms with Crippen LogP contribution in [0.15, 0.2) is 0 Å². The molecule has 0 aliphatic rings. The Morgan fingerprint density at radius 3 is 2.32 bits per heavy atom. The third-order valence-corrected chi connectivity index (χ3v) is 3.97. The zero-order valence-corrected chi connectivity index (χ0v) is 13.0. The van der Waals surface area contributed by atoms with Gasteiger partial charge in [0, 0.05) is 25.1 Å². The van der Waals surface area contributed by atoms with Crippen LogP contribution in [0.3, 0.4) is 0 Å². The SMILES string of the molecule is CC(=O)SCC(CC(C)C)C(=O)NCCS(=O)(=O)O. The zero-order valence-electron chi connectivity index (χ0n) is 11.4. The van der Waals surface area contributed by atoms with E-state index >= 15 is 0 Å². The average molecular weight is 311 g/mol. The molecule has 0 radical (unpaired) electrons. The molecule has 0 fully saturated rings. The molecule has 8 heteroatoms. The van der Waals surface area contributed by atoms with Gasteiger partial charge in [-0.3, -0.25) is 14.1 Å². The summed E-state index contributed by atoms with van der Waals surface area (Å²) in [5.41, 5.74) is 0. The molecule has 0 aliphatic heterocycles. The van der Waals surface area contributed by atoms with Crippen LogP contribution in [0, 0.1) is 11.8 Å². The number of amides is 1. The van der Waals surface area contributed by atoms with Crippen molar-refractivity contribution < 1.29 is 22.6 Å². The van der Waals surface area contributed by atoms with Crippen molar-refractivity contribution in [2.24, 2.45) is 11.8 Å². The van der Waals surface area contributed by atoms with Crippen LogP contribution in [-0.4, -0.2) is 42.0 Å².